The van der Waals surface area contributed by atoms with Gasteiger partial charge in [-0.2, -0.15) is 0 Å². The number of carbonyl (C=O) groups is 2. The molecule has 0 heterocycles. The van der Waals surface area contributed by atoms with Crippen molar-refractivity contribution in [3.05, 3.63) is 38.1 Å². The molecule has 0 radical (unpaired) electrons. The van der Waals surface area contributed by atoms with Crippen LogP contribution < -0.4 is 5.32 Å². The highest BCUT2D eigenvalue weighted by Crippen LogP contribution is 2.29. The third-order valence-electron chi connectivity index (χ3n) is 2.22. The van der Waals surface area contributed by atoms with Gasteiger partial charge in [0.2, 0.25) is 0 Å². The highest BCUT2D eigenvalue weighted by molar-refractivity contribution is 9.10. The SMILES string of the molecule is O=C(O)CSCCNC(=O)c1cc(F)cc([N+](=O)[O-])c1Br. The Kier molecular flexibility index (Phi) is 6.56. The third kappa shape index (κ3) is 5.31. The Morgan fingerprint density at radius 1 is 1.48 bits per heavy atom. The number of amides is 1. The standard InChI is InChI=1S/C11H10BrFN2O5S/c12-10-7(3-6(13)4-8(10)15(19)20)11(18)14-1-2-21-5-9(16)17/h3-4H,1-2,5H2,(H,14,18)(H,16,17). The molecule has 10 heteroatoms. The zero-order chi connectivity index (χ0) is 16.0. The fourth-order valence-corrected chi connectivity index (χ4v) is 2.48. The van der Waals surface area contributed by atoms with Gasteiger partial charge in [0.15, 0.2) is 0 Å². The van der Waals surface area contributed by atoms with E-state index in [1.54, 1.807) is 0 Å². The number of nitro groups is 1. The summed E-state index contributed by atoms with van der Waals surface area (Å²) < 4.78 is 13.2. The Bertz CT molecular complexity index is 584. The van der Waals surface area contributed by atoms with E-state index in [-0.39, 0.29) is 22.3 Å². The van der Waals surface area contributed by atoms with E-state index in [0.29, 0.717) is 11.8 Å². The second-order valence-corrected chi connectivity index (χ2v) is 5.64. The molecule has 0 aliphatic carbocycles. The van der Waals surface area contributed by atoms with Crippen molar-refractivity contribution in [2.45, 2.75) is 0 Å². The topological polar surface area (TPSA) is 110 Å². The van der Waals surface area contributed by atoms with Crippen molar-refractivity contribution >= 4 is 45.3 Å². The minimum absolute atomic E-state index is 0.0923. The van der Waals surface area contributed by atoms with Gasteiger partial charge < -0.3 is 10.4 Å². The number of nitro benzene ring substituents is 1. The first kappa shape index (κ1) is 17.4. The summed E-state index contributed by atoms with van der Waals surface area (Å²) in [6.07, 6.45) is 0. The normalized spacial score (nSPS) is 10.2. The first-order chi connectivity index (χ1) is 9.82. The second kappa shape index (κ2) is 7.93. The number of aliphatic carboxylic acids is 1. The van der Waals surface area contributed by atoms with Crippen LogP contribution in [0.2, 0.25) is 0 Å². The number of carbonyl (C=O) groups excluding carboxylic acids is 1. The zero-order valence-corrected chi connectivity index (χ0v) is 12.9. The van der Waals surface area contributed by atoms with Crippen molar-refractivity contribution in [1.82, 2.24) is 5.32 Å². The van der Waals surface area contributed by atoms with Crippen LogP contribution in [0.25, 0.3) is 0 Å². The fourth-order valence-electron chi connectivity index (χ4n) is 1.36. The molecule has 0 aromatic heterocycles. The maximum absolute atomic E-state index is 13.3. The molecule has 0 aliphatic rings. The van der Waals surface area contributed by atoms with Gasteiger partial charge in [-0.15, -0.1) is 11.8 Å². The number of nitrogens with zero attached hydrogens (tertiary/aromatic N) is 1. The first-order valence-electron chi connectivity index (χ1n) is 5.54. The van der Waals surface area contributed by atoms with E-state index >= 15 is 0 Å². The predicted molar refractivity (Wildman–Crippen MR) is 78.0 cm³/mol. The summed E-state index contributed by atoms with van der Waals surface area (Å²) in [5.74, 6) is -2.27. The van der Waals surface area contributed by atoms with Crippen LogP contribution in [0.1, 0.15) is 10.4 Å². The van der Waals surface area contributed by atoms with Gasteiger partial charge in [-0.3, -0.25) is 19.7 Å². The van der Waals surface area contributed by atoms with Crippen molar-refractivity contribution in [3.63, 3.8) is 0 Å². The highest BCUT2D eigenvalue weighted by Gasteiger charge is 2.21. The number of thioether (sulfide) groups is 1. The molecular weight excluding hydrogens is 371 g/mol. The Balaban J connectivity index is 2.70. The molecule has 0 saturated carbocycles. The molecule has 1 aromatic rings. The average Bonchev–Trinajstić information content (AvgIpc) is 2.39. The van der Waals surface area contributed by atoms with Gasteiger partial charge in [0.1, 0.15) is 10.3 Å². The van der Waals surface area contributed by atoms with Crippen molar-refractivity contribution < 1.29 is 24.0 Å². The van der Waals surface area contributed by atoms with Crippen LogP contribution in [0.15, 0.2) is 16.6 Å². The van der Waals surface area contributed by atoms with Crippen molar-refractivity contribution in [2.24, 2.45) is 0 Å². The molecule has 0 saturated heterocycles. The lowest BCUT2D eigenvalue weighted by Gasteiger charge is -2.07. The summed E-state index contributed by atoms with van der Waals surface area (Å²) in [6.45, 7) is 0.160. The fraction of sp³-hybridized carbons (Fsp3) is 0.273. The number of carboxylic acids is 1. The molecule has 114 valence electrons. The molecular formula is C11H10BrFN2O5S. The minimum Gasteiger partial charge on any atom is -0.481 e. The van der Waals surface area contributed by atoms with Gasteiger partial charge in [0, 0.05) is 12.3 Å². The lowest BCUT2D eigenvalue weighted by atomic mass is 10.2. The molecule has 0 atom stereocenters. The number of hydrogen-bond acceptors (Lipinski definition) is 5. The maximum atomic E-state index is 13.3. The monoisotopic (exact) mass is 380 g/mol. The maximum Gasteiger partial charge on any atom is 0.313 e. The summed E-state index contributed by atoms with van der Waals surface area (Å²) in [4.78, 5) is 32.0. The predicted octanol–water partition coefficient (Wildman–Crippen LogP) is 2.04. The largest absolute Gasteiger partial charge is 0.481 e. The highest BCUT2D eigenvalue weighted by atomic mass is 79.9. The second-order valence-electron chi connectivity index (χ2n) is 3.75. The van der Waals surface area contributed by atoms with E-state index in [4.69, 9.17) is 5.11 Å². The molecule has 0 unspecified atom stereocenters. The summed E-state index contributed by atoms with van der Waals surface area (Å²) in [5, 5.41) is 21.6. The van der Waals surface area contributed by atoms with Gasteiger partial charge in [-0.05, 0) is 22.0 Å². The van der Waals surface area contributed by atoms with E-state index in [1.165, 1.54) is 0 Å². The van der Waals surface area contributed by atoms with Crippen LogP contribution in [-0.2, 0) is 4.79 Å². The van der Waals surface area contributed by atoms with Crippen molar-refractivity contribution in [2.75, 3.05) is 18.1 Å². The van der Waals surface area contributed by atoms with Gasteiger partial charge >= 0.3 is 5.97 Å². The summed E-state index contributed by atoms with van der Waals surface area (Å²) in [6, 6.07) is 1.60. The first-order valence-corrected chi connectivity index (χ1v) is 7.49. The van der Waals surface area contributed by atoms with Crippen LogP contribution in [0.4, 0.5) is 10.1 Å². The van der Waals surface area contributed by atoms with E-state index < -0.39 is 28.3 Å². The van der Waals surface area contributed by atoms with Crippen molar-refractivity contribution in [3.8, 4) is 0 Å². The van der Waals surface area contributed by atoms with E-state index in [1.807, 2.05) is 0 Å². The Labute approximate surface area is 131 Å². The minimum atomic E-state index is -0.963. The summed E-state index contributed by atoms with van der Waals surface area (Å²) in [7, 11) is 0. The van der Waals surface area contributed by atoms with Gasteiger partial charge in [-0.25, -0.2) is 4.39 Å². The van der Waals surface area contributed by atoms with E-state index in [2.05, 4.69) is 21.2 Å². The quantitative estimate of drug-likeness (QED) is 0.425. The zero-order valence-electron chi connectivity index (χ0n) is 10.5. The molecule has 21 heavy (non-hydrogen) atoms. The Morgan fingerprint density at radius 3 is 2.71 bits per heavy atom. The molecule has 1 aromatic carbocycles. The lowest BCUT2D eigenvalue weighted by Crippen LogP contribution is -2.26. The van der Waals surface area contributed by atoms with Gasteiger partial charge in [-0.1, -0.05) is 0 Å². The number of nitrogens with one attached hydrogen (secondary N) is 1. The average molecular weight is 381 g/mol. The lowest BCUT2D eigenvalue weighted by molar-refractivity contribution is -0.385. The third-order valence-corrected chi connectivity index (χ3v) is 3.99. The molecule has 7 nitrogen and oxygen atoms in total. The molecule has 1 amide bonds. The van der Waals surface area contributed by atoms with Crippen LogP contribution >= 0.6 is 27.7 Å². The summed E-state index contributed by atoms with van der Waals surface area (Å²) >= 11 is 4.01. The van der Waals surface area contributed by atoms with Crippen LogP contribution in [0.5, 0.6) is 0 Å². The molecule has 0 fully saturated rings. The van der Waals surface area contributed by atoms with Crippen LogP contribution in [-0.4, -0.2) is 40.0 Å². The van der Waals surface area contributed by atoms with E-state index in [9.17, 15) is 24.1 Å². The molecule has 0 aliphatic heterocycles. The number of rotatable bonds is 7. The number of carboxylic acid groups (broad SMARTS) is 1. The number of hydrogen-bond donors (Lipinski definition) is 2. The molecule has 0 bridgehead atoms. The number of halogens is 2. The molecule has 2 N–H and O–H groups in total. The Morgan fingerprint density at radius 2 is 2.14 bits per heavy atom. The van der Waals surface area contributed by atoms with Crippen molar-refractivity contribution in [1.29, 1.82) is 0 Å². The smallest absolute Gasteiger partial charge is 0.313 e. The molecule has 0 spiro atoms. The molecule has 1 rings (SSSR count). The van der Waals surface area contributed by atoms with Crippen LogP contribution in [0, 0.1) is 15.9 Å². The summed E-state index contributed by atoms with van der Waals surface area (Å²) in [5.41, 5.74) is -0.731. The van der Waals surface area contributed by atoms with Crippen LogP contribution in [0.3, 0.4) is 0 Å². The van der Waals surface area contributed by atoms with Gasteiger partial charge in [0.05, 0.1) is 22.3 Å². The number of benzene rings is 1. The van der Waals surface area contributed by atoms with E-state index in [0.717, 1.165) is 17.8 Å². The van der Waals surface area contributed by atoms with Gasteiger partial charge in [0.25, 0.3) is 11.6 Å². The Hall–Kier alpha value is -1.68.